The van der Waals surface area contributed by atoms with Crippen molar-refractivity contribution in [1.29, 1.82) is 0 Å². The molecule has 1 aromatic rings. The van der Waals surface area contributed by atoms with E-state index in [4.69, 9.17) is 0 Å². The molecule has 0 saturated carbocycles. The number of halogens is 1. The van der Waals surface area contributed by atoms with Gasteiger partial charge in [0.2, 0.25) is 0 Å². The van der Waals surface area contributed by atoms with E-state index in [1.54, 1.807) is 18.2 Å². The zero-order chi connectivity index (χ0) is 9.40. The molecule has 1 heteroatoms. The second kappa shape index (κ2) is 6.84. The van der Waals surface area contributed by atoms with Gasteiger partial charge in [0, 0.05) is 0 Å². The summed E-state index contributed by atoms with van der Waals surface area (Å²) in [6, 6.07) is 7.94. The van der Waals surface area contributed by atoms with Crippen LogP contribution in [0.15, 0.2) is 30.3 Å². The summed E-state index contributed by atoms with van der Waals surface area (Å²) in [7, 11) is 0. The van der Waals surface area contributed by atoms with Gasteiger partial charge in [-0.25, -0.2) is 4.39 Å². The lowest BCUT2D eigenvalue weighted by Crippen LogP contribution is -1.77. The highest BCUT2D eigenvalue weighted by molar-refractivity contribution is 5.02. The van der Waals surface area contributed by atoms with E-state index in [0.29, 0.717) is 0 Å². The zero-order valence-electron chi connectivity index (χ0n) is 8.05. The lowest BCUT2D eigenvalue weighted by molar-refractivity contribution is 0.626. The fourth-order valence-electron chi connectivity index (χ4n) is 0.415. The van der Waals surface area contributed by atoms with Gasteiger partial charge in [-0.3, -0.25) is 0 Å². The summed E-state index contributed by atoms with van der Waals surface area (Å²) < 4.78 is 11.9. The van der Waals surface area contributed by atoms with Gasteiger partial charge >= 0.3 is 0 Å². The van der Waals surface area contributed by atoms with E-state index in [1.807, 2.05) is 0 Å². The van der Waals surface area contributed by atoms with Crippen molar-refractivity contribution in [3.8, 4) is 0 Å². The maximum Gasteiger partial charge on any atom is 0.123 e. The molecule has 12 heavy (non-hydrogen) atoms. The topological polar surface area (TPSA) is 0 Å². The standard InChI is InChI=1S/C6H5F.C5H12/c7-6-4-2-1-3-5-6;1-4-5(2)3/h1-5H;5H,4H2,1-3H3. The first kappa shape index (κ1) is 11.2. The van der Waals surface area contributed by atoms with Gasteiger partial charge in [0.25, 0.3) is 0 Å². The van der Waals surface area contributed by atoms with Crippen LogP contribution in [0.1, 0.15) is 27.2 Å². The van der Waals surface area contributed by atoms with Gasteiger partial charge in [0.1, 0.15) is 5.82 Å². The number of rotatable bonds is 1. The van der Waals surface area contributed by atoms with Crippen LogP contribution < -0.4 is 0 Å². The monoisotopic (exact) mass is 168 g/mol. The molecule has 0 aliphatic carbocycles. The minimum Gasteiger partial charge on any atom is -0.207 e. The lowest BCUT2D eigenvalue weighted by atomic mass is 10.2. The summed E-state index contributed by atoms with van der Waals surface area (Å²) in [6.45, 7) is 6.64. The highest BCUT2D eigenvalue weighted by atomic mass is 19.1. The van der Waals surface area contributed by atoms with Gasteiger partial charge in [-0.15, -0.1) is 0 Å². The second-order valence-corrected chi connectivity index (χ2v) is 3.10. The van der Waals surface area contributed by atoms with Crippen LogP contribution in [0.25, 0.3) is 0 Å². The van der Waals surface area contributed by atoms with Gasteiger partial charge in [0.05, 0.1) is 0 Å². The van der Waals surface area contributed by atoms with Crippen molar-refractivity contribution in [3.63, 3.8) is 0 Å². The first-order chi connectivity index (χ1) is 5.66. The maximum absolute atomic E-state index is 11.9. The Labute approximate surface area is 74.4 Å². The molecule has 0 nitrogen and oxygen atoms in total. The summed E-state index contributed by atoms with van der Waals surface area (Å²) >= 11 is 0. The molecule has 0 amide bonds. The Bertz CT molecular complexity index is 179. The highest BCUT2D eigenvalue weighted by Gasteiger charge is 1.80. The fourth-order valence-corrected chi connectivity index (χ4v) is 0.415. The minimum atomic E-state index is -0.178. The van der Waals surface area contributed by atoms with Gasteiger partial charge in [-0.05, 0) is 18.1 Å². The third-order valence-corrected chi connectivity index (χ3v) is 1.55. The van der Waals surface area contributed by atoms with Crippen LogP contribution in [-0.4, -0.2) is 0 Å². The number of hydrogen-bond donors (Lipinski definition) is 0. The first-order valence-corrected chi connectivity index (χ1v) is 4.37. The summed E-state index contributed by atoms with van der Waals surface area (Å²) in [6.07, 6.45) is 1.31. The van der Waals surface area contributed by atoms with E-state index >= 15 is 0 Å². The van der Waals surface area contributed by atoms with E-state index in [0.717, 1.165) is 5.92 Å². The zero-order valence-corrected chi connectivity index (χ0v) is 8.05. The van der Waals surface area contributed by atoms with Gasteiger partial charge in [-0.1, -0.05) is 45.4 Å². The second-order valence-electron chi connectivity index (χ2n) is 3.10. The molecule has 0 aliphatic rings. The van der Waals surface area contributed by atoms with E-state index in [-0.39, 0.29) is 5.82 Å². The molecule has 1 aromatic carbocycles. The molecule has 0 bridgehead atoms. The minimum absolute atomic E-state index is 0.178. The van der Waals surface area contributed by atoms with Crippen molar-refractivity contribution < 1.29 is 4.39 Å². The SMILES string of the molecule is CCC(C)C.Fc1ccccc1. The smallest absolute Gasteiger partial charge is 0.123 e. The summed E-state index contributed by atoms with van der Waals surface area (Å²) in [5, 5.41) is 0. The Hall–Kier alpha value is -0.850. The molecule has 0 N–H and O–H groups in total. The maximum atomic E-state index is 11.9. The molecular weight excluding hydrogens is 151 g/mol. The summed E-state index contributed by atoms with van der Waals surface area (Å²) in [5.74, 6) is 0.706. The summed E-state index contributed by atoms with van der Waals surface area (Å²) in [4.78, 5) is 0. The van der Waals surface area contributed by atoms with Gasteiger partial charge in [-0.2, -0.15) is 0 Å². The third kappa shape index (κ3) is 7.26. The van der Waals surface area contributed by atoms with Crippen LogP contribution in [0.5, 0.6) is 0 Å². The molecule has 0 fully saturated rings. The molecule has 0 heterocycles. The van der Waals surface area contributed by atoms with E-state index < -0.39 is 0 Å². The molecule has 68 valence electrons. The molecule has 0 radical (unpaired) electrons. The molecule has 0 saturated heterocycles. The van der Waals surface area contributed by atoms with E-state index in [9.17, 15) is 4.39 Å². The molecule has 0 atom stereocenters. The van der Waals surface area contributed by atoms with Crippen molar-refractivity contribution in [3.05, 3.63) is 36.1 Å². The van der Waals surface area contributed by atoms with Crippen molar-refractivity contribution in [1.82, 2.24) is 0 Å². The Balaban J connectivity index is 0.000000217. The third-order valence-electron chi connectivity index (χ3n) is 1.55. The van der Waals surface area contributed by atoms with Crippen LogP contribution in [0.3, 0.4) is 0 Å². The van der Waals surface area contributed by atoms with Crippen LogP contribution in [0, 0.1) is 11.7 Å². The van der Waals surface area contributed by atoms with Gasteiger partial charge < -0.3 is 0 Å². The van der Waals surface area contributed by atoms with Gasteiger partial charge in [0.15, 0.2) is 0 Å². The molecular formula is C11H17F. The van der Waals surface area contributed by atoms with Crippen molar-refractivity contribution in [2.45, 2.75) is 27.2 Å². The fraction of sp³-hybridized carbons (Fsp3) is 0.455. The average molecular weight is 168 g/mol. The molecule has 0 aromatic heterocycles. The molecule has 0 unspecified atom stereocenters. The number of benzene rings is 1. The Kier molecular flexibility index (Phi) is 6.35. The molecule has 0 spiro atoms. The van der Waals surface area contributed by atoms with Crippen molar-refractivity contribution in [2.75, 3.05) is 0 Å². The number of hydrogen-bond acceptors (Lipinski definition) is 0. The van der Waals surface area contributed by atoms with Crippen LogP contribution >= 0.6 is 0 Å². The predicted octanol–water partition coefficient (Wildman–Crippen LogP) is 3.88. The summed E-state index contributed by atoms with van der Waals surface area (Å²) in [5.41, 5.74) is 0. The Morgan fingerprint density at radius 3 is 1.75 bits per heavy atom. The molecule has 0 aliphatic heterocycles. The largest absolute Gasteiger partial charge is 0.207 e. The van der Waals surface area contributed by atoms with E-state index in [1.165, 1.54) is 18.6 Å². The van der Waals surface area contributed by atoms with E-state index in [2.05, 4.69) is 20.8 Å². The van der Waals surface area contributed by atoms with Crippen molar-refractivity contribution in [2.24, 2.45) is 5.92 Å². The quantitative estimate of drug-likeness (QED) is 0.597. The Morgan fingerprint density at radius 1 is 1.17 bits per heavy atom. The highest BCUT2D eigenvalue weighted by Crippen LogP contribution is 1.94. The molecule has 1 rings (SSSR count). The Morgan fingerprint density at radius 2 is 1.58 bits per heavy atom. The lowest BCUT2D eigenvalue weighted by Gasteiger charge is -1.90. The average Bonchev–Trinajstić information content (AvgIpc) is 2.07. The van der Waals surface area contributed by atoms with Crippen molar-refractivity contribution >= 4 is 0 Å². The van der Waals surface area contributed by atoms with Crippen LogP contribution in [0.4, 0.5) is 4.39 Å². The predicted molar refractivity (Wildman–Crippen MR) is 51.5 cm³/mol. The van der Waals surface area contributed by atoms with Crippen LogP contribution in [-0.2, 0) is 0 Å². The van der Waals surface area contributed by atoms with Crippen LogP contribution in [0.2, 0.25) is 0 Å². The first-order valence-electron chi connectivity index (χ1n) is 4.37. The normalized spacial score (nSPS) is 9.08.